The van der Waals surface area contributed by atoms with Crippen molar-refractivity contribution in [1.82, 2.24) is 9.55 Å². The van der Waals surface area contributed by atoms with Crippen LogP contribution in [0, 0.1) is 0 Å². The average molecular weight is 249 g/mol. The molecule has 0 aliphatic heterocycles. The first kappa shape index (κ1) is 11.9. The zero-order valence-electron chi connectivity index (χ0n) is 9.72. The summed E-state index contributed by atoms with van der Waals surface area (Å²) >= 11 is 5.84. The molecule has 1 heterocycles. The van der Waals surface area contributed by atoms with Crippen LogP contribution in [0.4, 0.5) is 0 Å². The molecule has 88 valence electrons. The lowest BCUT2D eigenvalue weighted by atomic mass is 10.1. The maximum absolute atomic E-state index is 11.5. The van der Waals surface area contributed by atoms with Crippen LogP contribution in [0.5, 0.6) is 0 Å². The molecule has 0 aliphatic carbocycles. The van der Waals surface area contributed by atoms with E-state index < -0.39 is 0 Å². The van der Waals surface area contributed by atoms with Crippen LogP contribution in [-0.4, -0.2) is 9.55 Å². The van der Waals surface area contributed by atoms with Gasteiger partial charge in [-0.2, -0.15) is 0 Å². The molecule has 0 unspecified atom stereocenters. The number of nitrogens with zero attached hydrogens (tertiary/aromatic N) is 2. The van der Waals surface area contributed by atoms with E-state index in [1.807, 2.05) is 44.3 Å². The lowest BCUT2D eigenvalue weighted by molar-refractivity contribution is 0.564. The molecule has 0 radical (unpaired) electrons. The topological polar surface area (TPSA) is 34.9 Å². The predicted molar refractivity (Wildman–Crippen MR) is 69.3 cm³/mol. The summed E-state index contributed by atoms with van der Waals surface area (Å²) in [6.45, 7) is 3.91. The minimum absolute atomic E-state index is 0.0993. The monoisotopic (exact) mass is 248 g/mol. The second-order valence-corrected chi connectivity index (χ2v) is 4.57. The van der Waals surface area contributed by atoms with Gasteiger partial charge in [0, 0.05) is 29.0 Å². The first-order valence-electron chi connectivity index (χ1n) is 5.42. The lowest BCUT2D eigenvalue weighted by Crippen LogP contribution is -2.23. The molecule has 1 aromatic heterocycles. The van der Waals surface area contributed by atoms with Gasteiger partial charge in [0.05, 0.1) is 0 Å². The number of hydrogen-bond acceptors (Lipinski definition) is 2. The highest BCUT2D eigenvalue weighted by atomic mass is 35.5. The van der Waals surface area contributed by atoms with Gasteiger partial charge in [-0.25, -0.2) is 9.78 Å². The SMILES string of the molecule is CC(C)n1cc(-c2ccc(Cl)cc2)cnc1=O. The van der Waals surface area contributed by atoms with Crippen molar-refractivity contribution in [2.24, 2.45) is 0 Å². The minimum atomic E-state index is -0.224. The maximum atomic E-state index is 11.5. The molecule has 17 heavy (non-hydrogen) atoms. The minimum Gasteiger partial charge on any atom is -0.296 e. The maximum Gasteiger partial charge on any atom is 0.347 e. The van der Waals surface area contributed by atoms with Crippen LogP contribution in [-0.2, 0) is 0 Å². The Kier molecular flexibility index (Phi) is 3.29. The fourth-order valence-corrected chi connectivity index (χ4v) is 1.72. The molecule has 0 aliphatic rings. The van der Waals surface area contributed by atoms with E-state index in [1.165, 1.54) is 0 Å². The molecule has 3 nitrogen and oxygen atoms in total. The van der Waals surface area contributed by atoms with Gasteiger partial charge in [-0.15, -0.1) is 0 Å². The fraction of sp³-hybridized carbons (Fsp3) is 0.231. The highest BCUT2D eigenvalue weighted by molar-refractivity contribution is 6.30. The average Bonchev–Trinajstić information content (AvgIpc) is 2.30. The number of aromatic nitrogens is 2. The predicted octanol–water partition coefficient (Wildman–Crippen LogP) is 3.14. The van der Waals surface area contributed by atoms with Crippen LogP contribution in [0.1, 0.15) is 19.9 Å². The standard InChI is InChI=1S/C13H13ClN2O/c1-9(2)16-8-11(7-15-13(16)17)10-3-5-12(14)6-4-10/h3-9H,1-2H3. The smallest absolute Gasteiger partial charge is 0.296 e. The van der Waals surface area contributed by atoms with Crippen LogP contribution >= 0.6 is 11.6 Å². The summed E-state index contributed by atoms with van der Waals surface area (Å²) in [5.41, 5.74) is 1.68. The molecular formula is C13H13ClN2O. The number of rotatable bonds is 2. The van der Waals surface area contributed by atoms with E-state index in [2.05, 4.69) is 4.98 Å². The van der Waals surface area contributed by atoms with E-state index >= 15 is 0 Å². The Morgan fingerprint density at radius 1 is 1.18 bits per heavy atom. The first-order valence-corrected chi connectivity index (χ1v) is 5.80. The molecular weight excluding hydrogens is 236 g/mol. The highest BCUT2D eigenvalue weighted by Gasteiger charge is 2.05. The van der Waals surface area contributed by atoms with Crippen molar-refractivity contribution < 1.29 is 0 Å². The first-order chi connectivity index (χ1) is 8.08. The molecule has 4 heteroatoms. The Morgan fingerprint density at radius 2 is 1.82 bits per heavy atom. The molecule has 0 atom stereocenters. The zero-order valence-corrected chi connectivity index (χ0v) is 10.5. The third-order valence-electron chi connectivity index (χ3n) is 2.55. The van der Waals surface area contributed by atoms with Gasteiger partial charge < -0.3 is 0 Å². The Hall–Kier alpha value is -1.61. The summed E-state index contributed by atoms with van der Waals surface area (Å²) in [7, 11) is 0. The summed E-state index contributed by atoms with van der Waals surface area (Å²) in [5.74, 6) is 0. The summed E-state index contributed by atoms with van der Waals surface area (Å²) in [4.78, 5) is 15.4. The quantitative estimate of drug-likeness (QED) is 0.818. The van der Waals surface area contributed by atoms with Crippen molar-refractivity contribution in [2.45, 2.75) is 19.9 Å². The van der Waals surface area contributed by atoms with Crippen LogP contribution in [0.2, 0.25) is 5.02 Å². The molecule has 0 amide bonds. The molecule has 0 spiro atoms. The number of benzene rings is 1. The third kappa shape index (κ3) is 2.56. The van der Waals surface area contributed by atoms with E-state index in [0.29, 0.717) is 5.02 Å². The largest absolute Gasteiger partial charge is 0.347 e. The molecule has 0 bridgehead atoms. The van der Waals surface area contributed by atoms with Gasteiger partial charge in [0.15, 0.2) is 0 Å². The second kappa shape index (κ2) is 4.72. The van der Waals surface area contributed by atoms with Crippen LogP contribution < -0.4 is 5.69 Å². The van der Waals surface area contributed by atoms with Gasteiger partial charge in [0.25, 0.3) is 0 Å². The van der Waals surface area contributed by atoms with Gasteiger partial charge in [0.2, 0.25) is 0 Å². The molecule has 0 saturated carbocycles. The number of hydrogen-bond donors (Lipinski definition) is 0. The van der Waals surface area contributed by atoms with E-state index in [4.69, 9.17) is 11.6 Å². The van der Waals surface area contributed by atoms with Crippen molar-refractivity contribution in [3.63, 3.8) is 0 Å². The van der Waals surface area contributed by atoms with Crippen LogP contribution in [0.15, 0.2) is 41.5 Å². The Balaban J connectivity index is 2.50. The van der Waals surface area contributed by atoms with E-state index in [1.54, 1.807) is 10.8 Å². The summed E-state index contributed by atoms with van der Waals surface area (Å²) in [6, 6.07) is 7.56. The zero-order chi connectivity index (χ0) is 12.4. The van der Waals surface area contributed by atoms with Crippen molar-refractivity contribution >= 4 is 11.6 Å². The van der Waals surface area contributed by atoms with Crippen molar-refractivity contribution in [2.75, 3.05) is 0 Å². The van der Waals surface area contributed by atoms with Gasteiger partial charge in [-0.05, 0) is 31.5 Å². The number of halogens is 1. The fourth-order valence-electron chi connectivity index (χ4n) is 1.59. The van der Waals surface area contributed by atoms with Crippen molar-refractivity contribution in [3.05, 3.63) is 52.2 Å². The second-order valence-electron chi connectivity index (χ2n) is 4.13. The van der Waals surface area contributed by atoms with Crippen LogP contribution in [0.3, 0.4) is 0 Å². The van der Waals surface area contributed by atoms with Gasteiger partial charge in [-0.3, -0.25) is 4.57 Å². The van der Waals surface area contributed by atoms with E-state index in [-0.39, 0.29) is 11.7 Å². The third-order valence-corrected chi connectivity index (χ3v) is 2.80. The molecule has 0 N–H and O–H groups in total. The van der Waals surface area contributed by atoms with E-state index in [9.17, 15) is 4.79 Å². The normalized spacial score (nSPS) is 10.8. The summed E-state index contributed by atoms with van der Waals surface area (Å²) in [5, 5.41) is 0.693. The van der Waals surface area contributed by atoms with Gasteiger partial charge in [-0.1, -0.05) is 23.7 Å². The summed E-state index contributed by atoms with van der Waals surface area (Å²) in [6.07, 6.45) is 3.41. The lowest BCUT2D eigenvalue weighted by Gasteiger charge is -2.10. The van der Waals surface area contributed by atoms with Gasteiger partial charge in [0.1, 0.15) is 0 Å². The highest BCUT2D eigenvalue weighted by Crippen LogP contribution is 2.20. The van der Waals surface area contributed by atoms with Crippen molar-refractivity contribution in [3.8, 4) is 11.1 Å². The molecule has 0 fully saturated rings. The molecule has 2 aromatic rings. The Labute approximate surface area is 105 Å². The van der Waals surface area contributed by atoms with Crippen LogP contribution in [0.25, 0.3) is 11.1 Å². The van der Waals surface area contributed by atoms with E-state index in [0.717, 1.165) is 11.1 Å². The Bertz CT molecular complexity index is 573. The molecule has 0 saturated heterocycles. The summed E-state index contributed by atoms with van der Waals surface area (Å²) < 4.78 is 1.62. The van der Waals surface area contributed by atoms with Crippen molar-refractivity contribution in [1.29, 1.82) is 0 Å². The molecule has 2 rings (SSSR count). The molecule has 1 aromatic carbocycles. The van der Waals surface area contributed by atoms with Gasteiger partial charge >= 0.3 is 5.69 Å². The Morgan fingerprint density at radius 3 is 2.41 bits per heavy atom.